The van der Waals surface area contributed by atoms with Crippen LogP contribution in [0.1, 0.15) is 13.8 Å². The minimum atomic E-state index is -0.211. The lowest BCUT2D eigenvalue weighted by molar-refractivity contribution is -0.140. The van der Waals surface area contributed by atoms with Crippen molar-refractivity contribution < 1.29 is 14.6 Å². The van der Waals surface area contributed by atoms with Gasteiger partial charge in [0.25, 0.3) is 0 Å². The van der Waals surface area contributed by atoms with Crippen LogP contribution in [-0.2, 0) is 9.53 Å². The van der Waals surface area contributed by atoms with Crippen molar-refractivity contribution in [3.63, 3.8) is 0 Å². The maximum atomic E-state index is 9.82. The number of rotatable bonds is 2. The zero-order valence-electron chi connectivity index (χ0n) is 6.46. The third kappa shape index (κ3) is 26.3. The summed E-state index contributed by atoms with van der Waals surface area (Å²) < 4.78 is 4.40. The Hall–Kier alpha value is -0.610. The highest BCUT2D eigenvalue weighted by molar-refractivity contribution is 5.65. The largest absolute Gasteiger partial charge is 0.466 e. The number of nitrogens with two attached hydrogens (primary N) is 1. The minimum absolute atomic E-state index is 0.0972. The topological polar surface area (TPSA) is 72.5 Å². The Balaban J connectivity index is 0. The van der Waals surface area contributed by atoms with Gasteiger partial charge < -0.3 is 15.6 Å². The van der Waals surface area contributed by atoms with E-state index < -0.39 is 0 Å². The van der Waals surface area contributed by atoms with Crippen LogP contribution in [0.2, 0.25) is 0 Å². The highest BCUT2D eigenvalue weighted by Gasteiger charge is 1.81. The smallest absolute Gasteiger partial charge is 0.302 e. The molecule has 0 radical (unpaired) electrons. The average molecular weight is 149 g/mol. The summed E-state index contributed by atoms with van der Waals surface area (Å²) in [5, 5.41) is 7.75. The van der Waals surface area contributed by atoms with E-state index in [0.717, 1.165) is 0 Å². The van der Waals surface area contributed by atoms with Crippen molar-refractivity contribution in [2.75, 3.05) is 19.8 Å². The zero-order chi connectivity index (χ0) is 8.41. The standard InChI is InChI=1S/C4H8O2.C2H7NO/c1-3-6-4(2)5;3-1-2-4/h3H2,1-2H3;4H,1-3H2. The first-order valence-electron chi connectivity index (χ1n) is 3.13. The van der Waals surface area contributed by atoms with Crippen LogP contribution in [-0.4, -0.2) is 30.8 Å². The first kappa shape index (κ1) is 12.1. The van der Waals surface area contributed by atoms with Gasteiger partial charge in [-0.3, -0.25) is 4.79 Å². The van der Waals surface area contributed by atoms with Crippen molar-refractivity contribution >= 4 is 5.97 Å². The molecule has 10 heavy (non-hydrogen) atoms. The Labute approximate surface area is 61.0 Å². The van der Waals surface area contributed by atoms with Crippen molar-refractivity contribution in [3.8, 4) is 0 Å². The number of carbonyl (C=O) groups is 1. The SMILES string of the molecule is CCOC(C)=O.NCCO. The predicted octanol–water partition coefficient (Wildman–Crippen LogP) is -0.493. The molecular formula is C6H15NO3. The molecule has 0 aromatic rings. The second kappa shape index (κ2) is 11.2. The van der Waals surface area contributed by atoms with E-state index in [1.54, 1.807) is 6.92 Å². The highest BCUT2D eigenvalue weighted by Crippen LogP contribution is 1.69. The van der Waals surface area contributed by atoms with Crippen molar-refractivity contribution in [1.29, 1.82) is 0 Å². The lowest BCUT2D eigenvalue weighted by Gasteiger charge is -1.89. The quantitative estimate of drug-likeness (QED) is 0.519. The fourth-order valence-electron chi connectivity index (χ4n) is 0.203. The average Bonchev–Trinajstić information content (AvgIpc) is 1.89. The summed E-state index contributed by atoms with van der Waals surface area (Å²) in [5.41, 5.74) is 4.78. The van der Waals surface area contributed by atoms with E-state index in [1.807, 2.05) is 0 Å². The molecule has 0 rings (SSSR count). The van der Waals surface area contributed by atoms with Gasteiger partial charge in [-0.1, -0.05) is 0 Å². The van der Waals surface area contributed by atoms with Gasteiger partial charge in [0.2, 0.25) is 0 Å². The molecule has 0 aromatic heterocycles. The monoisotopic (exact) mass is 149 g/mol. The summed E-state index contributed by atoms with van der Waals surface area (Å²) in [6.07, 6.45) is 0. The van der Waals surface area contributed by atoms with Crippen molar-refractivity contribution in [2.45, 2.75) is 13.8 Å². The molecule has 3 N–H and O–H groups in total. The van der Waals surface area contributed by atoms with Gasteiger partial charge in [0.15, 0.2) is 0 Å². The van der Waals surface area contributed by atoms with E-state index in [2.05, 4.69) is 4.74 Å². The fraction of sp³-hybridized carbons (Fsp3) is 0.833. The van der Waals surface area contributed by atoms with Gasteiger partial charge in [0, 0.05) is 13.5 Å². The van der Waals surface area contributed by atoms with E-state index >= 15 is 0 Å². The Kier molecular flexibility index (Phi) is 13.6. The summed E-state index contributed by atoms with van der Waals surface area (Å²) in [6, 6.07) is 0. The molecule has 0 bridgehead atoms. The summed E-state index contributed by atoms with van der Waals surface area (Å²) in [5.74, 6) is -0.211. The number of hydrogen-bond acceptors (Lipinski definition) is 4. The number of esters is 1. The molecule has 62 valence electrons. The molecular weight excluding hydrogens is 134 g/mol. The van der Waals surface area contributed by atoms with Crippen molar-refractivity contribution in [1.82, 2.24) is 0 Å². The number of aliphatic hydroxyl groups excluding tert-OH is 1. The molecule has 0 heterocycles. The van der Waals surface area contributed by atoms with E-state index in [9.17, 15) is 4.79 Å². The summed E-state index contributed by atoms with van der Waals surface area (Å²) in [7, 11) is 0. The molecule has 0 amide bonds. The van der Waals surface area contributed by atoms with Crippen LogP contribution in [0.15, 0.2) is 0 Å². The lowest BCUT2D eigenvalue weighted by Crippen LogP contribution is -2.02. The Bertz CT molecular complexity index is 73.4. The van der Waals surface area contributed by atoms with Gasteiger partial charge in [-0.2, -0.15) is 0 Å². The van der Waals surface area contributed by atoms with Crippen LogP contribution in [0.4, 0.5) is 0 Å². The molecule has 0 unspecified atom stereocenters. The Morgan fingerprint density at radius 3 is 2.10 bits per heavy atom. The summed E-state index contributed by atoms with van der Waals surface area (Å²) in [4.78, 5) is 9.82. The second-order valence-electron chi connectivity index (χ2n) is 1.44. The molecule has 0 aliphatic rings. The third-order valence-electron chi connectivity index (χ3n) is 0.477. The minimum Gasteiger partial charge on any atom is -0.466 e. The number of aliphatic hydroxyl groups is 1. The molecule has 0 aromatic carbocycles. The van der Waals surface area contributed by atoms with Crippen LogP contribution >= 0.6 is 0 Å². The molecule has 0 fully saturated rings. The fourth-order valence-corrected chi connectivity index (χ4v) is 0.203. The number of hydrogen-bond donors (Lipinski definition) is 2. The molecule has 0 saturated carbocycles. The molecule has 0 saturated heterocycles. The van der Waals surface area contributed by atoms with Crippen LogP contribution < -0.4 is 5.73 Å². The third-order valence-corrected chi connectivity index (χ3v) is 0.477. The maximum Gasteiger partial charge on any atom is 0.302 e. The Morgan fingerprint density at radius 1 is 1.70 bits per heavy atom. The van der Waals surface area contributed by atoms with Crippen LogP contribution in [0.25, 0.3) is 0 Å². The van der Waals surface area contributed by atoms with Gasteiger partial charge in [-0.25, -0.2) is 0 Å². The molecule has 0 spiro atoms. The lowest BCUT2D eigenvalue weighted by atomic mass is 10.8. The normalized spacial score (nSPS) is 7.60. The van der Waals surface area contributed by atoms with Gasteiger partial charge in [0.05, 0.1) is 13.2 Å². The summed E-state index contributed by atoms with van der Waals surface area (Å²) >= 11 is 0. The van der Waals surface area contributed by atoms with Crippen LogP contribution in [0.3, 0.4) is 0 Å². The highest BCUT2D eigenvalue weighted by atomic mass is 16.5. The summed E-state index contributed by atoms with van der Waals surface area (Å²) in [6.45, 7) is 4.13. The first-order valence-corrected chi connectivity index (χ1v) is 3.13. The first-order chi connectivity index (χ1) is 4.68. The second-order valence-corrected chi connectivity index (χ2v) is 1.44. The van der Waals surface area contributed by atoms with Gasteiger partial charge in [-0.05, 0) is 6.92 Å². The van der Waals surface area contributed by atoms with Gasteiger partial charge >= 0.3 is 5.97 Å². The number of ether oxygens (including phenoxy) is 1. The molecule has 4 heteroatoms. The van der Waals surface area contributed by atoms with E-state index in [1.165, 1.54) is 6.92 Å². The molecule has 0 atom stereocenters. The van der Waals surface area contributed by atoms with Crippen molar-refractivity contribution in [2.24, 2.45) is 5.73 Å². The van der Waals surface area contributed by atoms with Gasteiger partial charge in [0.1, 0.15) is 0 Å². The molecule has 0 aliphatic heterocycles. The molecule has 4 nitrogen and oxygen atoms in total. The van der Waals surface area contributed by atoms with E-state index in [4.69, 9.17) is 10.8 Å². The molecule has 0 aliphatic carbocycles. The maximum absolute atomic E-state index is 9.82. The zero-order valence-corrected chi connectivity index (χ0v) is 6.46. The van der Waals surface area contributed by atoms with E-state index in [0.29, 0.717) is 13.2 Å². The Morgan fingerprint density at radius 2 is 2.10 bits per heavy atom. The number of carbonyl (C=O) groups excluding carboxylic acids is 1. The van der Waals surface area contributed by atoms with Crippen LogP contribution in [0, 0.1) is 0 Å². The van der Waals surface area contributed by atoms with E-state index in [-0.39, 0.29) is 12.6 Å². The van der Waals surface area contributed by atoms with Crippen molar-refractivity contribution in [3.05, 3.63) is 0 Å². The van der Waals surface area contributed by atoms with Gasteiger partial charge in [-0.15, -0.1) is 0 Å². The van der Waals surface area contributed by atoms with Crippen LogP contribution in [0.5, 0.6) is 0 Å². The predicted molar refractivity (Wildman–Crippen MR) is 38.4 cm³/mol.